The molecule has 2 amide bonds. The van der Waals surface area contributed by atoms with Gasteiger partial charge in [-0.2, -0.15) is 0 Å². The number of benzene rings is 2. The lowest BCUT2D eigenvalue weighted by Gasteiger charge is -2.12. The number of phenolic OH excluding ortho intramolecular Hbond substituents is 1. The Kier molecular flexibility index (Phi) is 6.55. The smallest absolute Gasteiger partial charge is 0.273 e. The molecule has 0 spiro atoms. The lowest BCUT2D eigenvalue weighted by molar-refractivity contribution is -0.121. The van der Waals surface area contributed by atoms with Crippen LogP contribution in [0, 0.1) is 0 Å². The highest BCUT2D eigenvalue weighted by atomic mass is 35.5. The van der Waals surface area contributed by atoms with E-state index in [1.807, 2.05) is 0 Å². The number of para-hydroxylation sites is 2. The van der Waals surface area contributed by atoms with E-state index in [-0.39, 0.29) is 23.0 Å². The maximum absolute atomic E-state index is 11.9. The van der Waals surface area contributed by atoms with E-state index in [4.69, 9.17) is 28.6 Å². The van der Waals surface area contributed by atoms with E-state index in [0.717, 1.165) is 0 Å². The van der Waals surface area contributed by atoms with E-state index in [9.17, 15) is 14.7 Å². The number of rotatable bonds is 4. The predicted molar refractivity (Wildman–Crippen MR) is 96.4 cm³/mol. The molecule has 2 aromatic rings. The van der Waals surface area contributed by atoms with Crippen LogP contribution < -0.4 is 20.9 Å². The zero-order valence-corrected chi connectivity index (χ0v) is 14.4. The summed E-state index contributed by atoms with van der Waals surface area (Å²) in [5.74, 6) is -0.952. The van der Waals surface area contributed by atoms with Gasteiger partial charge in [0, 0.05) is 0 Å². The zero-order chi connectivity index (χ0) is 18.2. The van der Waals surface area contributed by atoms with E-state index < -0.39 is 11.8 Å². The maximum atomic E-state index is 11.9. The van der Waals surface area contributed by atoms with Crippen LogP contribution >= 0.6 is 23.8 Å². The van der Waals surface area contributed by atoms with Crippen molar-refractivity contribution in [3.05, 3.63) is 59.1 Å². The lowest BCUT2D eigenvalue weighted by Crippen LogP contribution is -2.49. The molecular weight excluding hydrogens is 366 g/mol. The number of hydrazine groups is 1. The van der Waals surface area contributed by atoms with Crippen LogP contribution in [0.1, 0.15) is 10.4 Å². The van der Waals surface area contributed by atoms with Gasteiger partial charge in [0.05, 0.1) is 10.6 Å². The van der Waals surface area contributed by atoms with Crippen LogP contribution in [0.3, 0.4) is 0 Å². The molecule has 0 saturated carbocycles. The van der Waals surface area contributed by atoms with Crippen molar-refractivity contribution in [2.24, 2.45) is 0 Å². The summed E-state index contributed by atoms with van der Waals surface area (Å²) in [5.41, 5.74) is 4.68. The Bertz CT molecular complexity index is 800. The van der Waals surface area contributed by atoms with Gasteiger partial charge in [0.25, 0.3) is 11.8 Å². The summed E-state index contributed by atoms with van der Waals surface area (Å²) in [7, 11) is 0. The van der Waals surface area contributed by atoms with Gasteiger partial charge in [-0.1, -0.05) is 35.9 Å². The highest BCUT2D eigenvalue weighted by molar-refractivity contribution is 7.80. The van der Waals surface area contributed by atoms with Crippen LogP contribution in [0.25, 0.3) is 0 Å². The van der Waals surface area contributed by atoms with Crippen LogP contribution in [0.2, 0.25) is 5.02 Å². The number of ether oxygens (including phenoxy) is 1. The predicted octanol–water partition coefficient (Wildman–Crippen LogP) is 1.76. The number of hydrogen-bond acceptors (Lipinski definition) is 5. The molecule has 0 fully saturated rings. The first-order chi connectivity index (χ1) is 12.0. The number of hydrogen-bond donors (Lipinski definition) is 4. The Morgan fingerprint density at radius 3 is 2.48 bits per heavy atom. The van der Waals surface area contributed by atoms with Gasteiger partial charge in [-0.3, -0.25) is 25.8 Å². The molecular formula is C16H14ClN3O4S. The van der Waals surface area contributed by atoms with E-state index in [2.05, 4.69) is 16.2 Å². The Hall–Kier alpha value is -2.84. The van der Waals surface area contributed by atoms with Gasteiger partial charge in [0.1, 0.15) is 11.5 Å². The van der Waals surface area contributed by atoms with Crippen molar-refractivity contribution < 1.29 is 19.4 Å². The Morgan fingerprint density at radius 1 is 1.08 bits per heavy atom. The number of halogens is 1. The molecule has 25 heavy (non-hydrogen) atoms. The number of aromatic hydroxyl groups is 1. The molecule has 0 aliphatic rings. The average molecular weight is 380 g/mol. The minimum atomic E-state index is -0.609. The van der Waals surface area contributed by atoms with Gasteiger partial charge in [-0.05, 0) is 36.5 Å². The maximum Gasteiger partial charge on any atom is 0.273 e. The highest BCUT2D eigenvalue weighted by Gasteiger charge is 2.11. The van der Waals surface area contributed by atoms with Crippen LogP contribution in [0.15, 0.2) is 48.5 Å². The van der Waals surface area contributed by atoms with Gasteiger partial charge >= 0.3 is 0 Å². The Morgan fingerprint density at radius 2 is 1.76 bits per heavy atom. The van der Waals surface area contributed by atoms with Crippen molar-refractivity contribution in [2.75, 3.05) is 6.61 Å². The molecule has 0 radical (unpaired) electrons. The van der Waals surface area contributed by atoms with Crippen LogP contribution in [0.5, 0.6) is 11.5 Å². The summed E-state index contributed by atoms with van der Waals surface area (Å²) in [5, 5.41) is 12.2. The zero-order valence-electron chi connectivity index (χ0n) is 12.8. The first-order valence-corrected chi connectivity index (χ1v) is 7.81. The second-order valence-electron chi connectivity index (χ2n) is 4.69. The van der Waals surface area contributed by atoms with Crippen molar-refractivity contribution in [3.63, 3.8) is 0 Å². The third kappa shape index (κ3) is 5.63. The number of thiocarbonyl (C=S) groups is 1. The number of nitrogens with one attached hydrogen (secondary N) is 3. The van der Waals surface area contributed by atoms with E-state index >= 15 is 0 Å². The van der Waals surface area contributed by atoms with Crippen LogP contribution in [0.4, 0.5) is 0 Å². The first kappa shape index (κ1) is 18.5. The SMILES string of the molecule is O=C(COc1ccccc1Cl)NC(=S)NNC(=O)c1ccccc1O. The molecule has 9 heteroatoms. The molecule has 0 unspecified atom stereocenters. The van der Waals surface area contributed by atoms with Gasteiger partial charge in [-0.25, -0.2) is 0 Å². The average Bonchev–Trinajstić information content (AvgIpc) is 2.59. The van der Waals surface area contributed by atoms with E-state index in [1.165, 1.54) is 12.1 Å². The Labute approximate surface area is 153 Å². The standard InChI is InChI=1S/C16H14ClN3O4S/c17-11-6-2-4-8-13(11)24-9-14(22)18-16(25)20-19-15(23)10-5-1-3-7-12(10)21/h1-8,21H,9H2,(H,19,23)(H2,18,20,22,25). The molecule has 0 aromatic heterocycles. The highest BCUT2D eigenvalue weighted by Crippen LogP contribution is 2.22. The molecule has 0 atom stereocenters. The van der Waals surface area contributed by atoms with Crippen molar-refractivity contribution in [1.82, 2.24) is 16.2 Å². The van der Waals surface area contributed by atoms with Gasteiger partial charge in [0.15, 0.2) is 11.7 Å². The van der Waals surface area contributed by atoms with Crippen molar-refractivity contribution in [3.8, 4) is 11.5 Å². The molecule has 0 saturated heterocycles. The molecule has 0 heterocycles. The first-order valence-electron chi connectivity index (χ1n) is 7.03. The second kappa shape index (κ2) is 8.86. The molecule has 0 aliphatic carbocycles. The topological polar surface area (TPSA) is 99.7 Å². The summed E-state index contributed by atoms with van der Waals surface area (Å²) < 4.78 is 5.26. The summed E-state index contributed by atoms with van der Waals surface area (Å²) >= 11 is 10.8. The second-order valence-corrected chi connectivity index (χ2v) is 5.51. The normalized spacial score (nSPS) is 9.80. The van der Waals surface area contributed by atoms with Crippen molar-refractivity contribution >= 4 is 40.7 Å². The van der Waals surface area contributed by atoms with Crippen LogP contribution in [-0.2, 0) is 4.79 Å². The molecule has 2 rings (SSSR count). The van der Waals surface area contributed by atoms with Gasteiger partial charge in [0.2, 0.25) is 0 Å². The molecule has 0 bridgehead atoms. The number of carbonyl (C=O) groups is 2. The molecule has 7 nitrogen and oxygen atoms in total. The fourth-order valence-electron chi connectivity index (χ4n) is 1.75. The summed E-state index contributed by atoms with van der Waals surface area (Å²) in [6.07, 6.45) is 0. The number of carbonyl (C=O) groups excluding carboxylic acids is 2. The minimum Gasteiger partial charge on any atom is -0.507 e. The van der Waals surface area contributed by atoms with E-state index in [0.29, 0.717) is 10.8 Å². The summed E-state index contributed by atoms with van der Waals surface area (Å²) in [6, 6.07) is 12.7. The number of phenols is 1. The Balaban J connectivity index is 1.76. The molecule has 4 N–H and O–H groups in total. The van der Waals surface area contributed by atoms with Crippen molar-refractivity contribution in [1.29, 1.82) is 0 Å². The largest absolute Gasteiger partial charge is 0.507 e. The van der Waals surface area contributed by atoms with Crippen molar-refractivity contribution in [2.45, 2.75) is 0 Å². The lowest BCUT2D eigenvalue weighted by atomic mass is 10.2. The third-order valence-corrected chi connectivity index (χ3v) is 3.40. The van der Waals surface area contributed by atoms with Gasteiger partial charge < -0.3 is 9.84 Å². The molecule has 2 aromatic carbocycles. The fourth-order valence-corrected chi connectivity index (χ4v) is 2.10. The monoisotopic (exact) mass is 379 g/mol. The fraction of sp³-hybridized carbons (Fsp3) is 0.0625. The number of amides is 2. The molecule has 0 aliphatic heterocycles. The van der Waals surface area contributed by atoms with Gasteiger partial charge in [-0.15, -0.1) is 0 Å². The van der Waals surface area contributed by atoms with E-state index in [1.54, 1.807) is 36.4 Å². The third-order valence-electron chi connectivity index (χ3n) is 2.89. The minimum absolute atomic E-state index is 0.0613. The molecule has 130 valence electrons. The quantitative estimate of drug-likeness (QED) is 0.477. The van der Waals surface area contributed by atoms with Crippen LogP contribution in [-0.4, -0.2) is 28.6 Å². The summed E-state index contributed by atoms with van der Waals surface area (Å²) in [6.45, 7) is -0.307. The summed E-state index contributed by atoms with van der Waals surface area (Å²) in [4.78, 5) is 23.6.